The molecular weight excluding hydrogens is 514 g/mol. The zero-order valence-electron chi connectivity index (χ0n) is 22.2. The van der Waals surface area contributed by atoms with Gasteiger partial charge in [-0.15, -0.1) is 0 Å². The number of aromatic hydroxyl groups is 1. The molecule has 2 unspecified atom stereocenters. The Hall–Kier alpha value is -3.50. The molecule has 4 saturated heterocycles. The summed E-state index contributed by atoms with van der Waals surface area (Å²) >= 11 is 0. The summed E-state index contributed by atoms with van der Waals surface area (Å²) in [6.45, 7) is 3.44. The van der Waals surface area contributed by atoms with Crippen LogP contribution < -0.4 is 15.0 Å². The van der Waals surface area contributed by atoms with Gasteiger partial charge in [0.05, 0.1) is 16.9 Å². The van der Waals surface area contributed by atoms with Crippen LogP contribution in [-0.2, 0) is 0 Å². The third-order valence-corrected chi connectivity index (χ3v) is 9.42. The molecular formula is C30H32F2N6O2. The summed E-state index contributed by atoms with van der Waals surface area (Å²) in [5.74, 6) is 0.0929. The zero-order valence-corrected chi connectivity index (χ0v) is 22.2. The number of piperazine rings is 1. The fourth-order valence-corrected chi connectivity index (χ4v) is 7.63. The van der Waals surface area contributed by atoms with E-state index in [2.05, 4.69) is 15.1 Å². The van der Waals surface area contributed by atoms with Gasteiger partial charge in [-0.05, 0) is 49.7 Å². The minimum absolute atomic E-state index is 0.0312. The lowest BCUT2D eigenvalue weighted by Crippen LogP contribution is -2.51. The molecule has 4 aliphatic rings. The van der Waals surface area contributed by atoms with Crippen LogP contribution in [0.3, 0.4) is 0 Å². The van der Waals surface area contributed by atoms with E-state index in [9.17, 15) is 9.50 Å². The van der Waals surface area contributed by atoms with Gasteiger partial charge in [0.2, 0.25) is 5.88 Å². The summed E-state index contributed by atoms with van der Waals surface area (Å²) < 4.78 is 37.7. The van der Waals surface area contributed by atoms with Gasteiger partial charge in [0, 0.05) is 55.7 Å². The number of nitrogens with zero attached hydrogens (tertiary/aromatic N) is 5. The van der Waals surface area contributed by atoms with Crippen LogP contribution >= 0.6 is 0 Å². The number of fused-ring (bicyclic) bond motifs is 5. The van der Waals surface area contributed by atoms with E-state index in [0.29, 0.717) is 65.2 Å². The Balaban J connectivity index is 1.25. The molecule has 4 aromatic rings. The van der Waals surface area contributed by atoms with Gasteiger partial charge in [-0.2, -0.15) is 4.98 Å². The van der Waals surface area contributed by atoms with E-state index < -0.39 is 6.17 Å². The number of alkyl halides is 1. The van der Waals surface area contributed by atoms with Crippen LogP contribution in [0.2, 0.25) is 0 Å². The Labute approximate surface area is 230 Å². The number of ether oxygens (including phenoxy) is 1. The maximum Gasteiger partial charge on any atom is 0.217 e. The summed E-state index contributed by atoms with van der Waals surface area (Å²) in [7, 11) is 0. The summed E-state index contributed by atoms with van der Waals surface area (Å²) in [5.41, 5.74) is 2.33. The van der Waals surface area contributed by atoms with Gasteiger partial charge in [-0.3, -0.25) is 9.47 Å². The van der Waals surface area contributed by atoms with Gasteiger partial charge >= 0.3 is 0 Å². The predicted octanol–water partition coefficient (Wildman–Crippen LogP) is 4.31. The number of hydrogen-bond donors (Lipinski definition) is 2. The molecule has 2 aromatic carbocycles. The van der Waals surface area contributed by atoms with Crippen molar-refractivity contribution in [2.24, 2.45) is 0 Å². The van der Waals surface area contributed by atoms with Crippen LogP contribution in [-0.4, -0.2) is 81.1 Å². The molecule has 10 heteroatoms. The molecule has 2 aromatic heterocycles. The Bertz CT molecular complexity index is 1620. The summed E-state index contributed by atoms with van der Waals surface area (Å²) in [6, 6.07) is 10.7. The number of pyridine rings is 1. The molecule has 0 saturated carbocycles. The Morgan fingerprint density at radius 1 is 1.10 bits per heavy atom. The van der Waals surface area contributed by atoms with Crippen LogP contribution in [0, 0.1) is 5.82 Å². The third-order valence-electron chi connectivity index (χ3n) is 9.42. The lowest BCUT2D eigenvalue weighted by molar-refractivity contribution is 0.111. The summed E-state index contributed by atoms with van der Waals surface area (Å²) in [4.78, 5) is 14.2. The molecule has 8 nitrogen and oxygen atoms in total. The quantitative estimate of drug-likeness (QED) is 0.386. The van der Waals surface area contributed by atoms with E-state index in [1.807, 2.05) is 6.07 Å². The summed E-state index contributed by atoms with van der Waals surface area (Å²) in [6.07, 6.45) is 5.53. The van der Waals surface area contributed by atoms with Crippen LogP contribution in [0.4, 0.5) is 14.5 Å². The molecule has 4 aliphatic heterocycles. The van der Waals surface area contributed by atoms with Crippen LogP contribution in [0.15, 0.2) is 42.7 Å². The minimum Gasteiger partial charge on any atom is -0.508 e. The van der Waals surface area contributed by atoms with E-state index in [0.717, 1.165) is 51.0 Å². The lowest BCUT2D eigenvalue weighted by Gasteiger charge is -2.35. The smallest absolute Gasteiger partial charge is 0.217 e. The number of benzene rings is 2. The standard InChI is InChI=1S/C30H32F2N6O2/c31-19-12-30(7-2-8-37(30)13-19)16-40-26-11-25(36-14-20-5-6-21(15-36)34-20)28-29(35-26)38(17-33-28)24-10-22(39)9-18-3-1-4-23(32)27(18)24/h1,3-4,9-11,17,19-21,34,39H,2,5-8,12-16H2/t19-,20?,21?,30+/m1/s1. The van der Waals surface area contributed by atoms with Gasteiger partial charge in [0.1, 0.15) is 36.2 Å². The number of hydrogen-bond acceptors (Lipinski definition) is 7. The molecule has 2 bridgehead atoms. The number of rotatable bonds is 5. The first-order chi connectivity index (χ1) is 19.5. The maximum absolute atomic E-state index is 15.2. The highest BCUT2D eigenvalue weighted by Crippen LogP contribution is 2.41. The van der Waals surface area contributed by atoms with Crippen LogP contribution in [0.1, 0.15) is 32.1 Å². The Kier molecular flexibility index (Phi) is 5.47. The fraction of sp³-hybridized carbons (Fsp3) is 0.467. The maximum atomic E-state index is 15.2. The number of nitrogens with one attached hydrogen (secondary N) is 1. The second-order valence-electron chi connectivity index (χ2n) is 12.0. The number of imidazole rings is 1. The molecule has 0 amide bonds. The monoisotopic (exact) mass is 546 g/mol. The van der Waals surface area contributed by atoms with Crippen molar-refractivity contribution in [2.75, 3.05) is 37.7 Å². The number of halogens is 2. The highest BCUT2D eigenvalue weighted by molar-refractivity contribution is 5.95. The normalized spacial score (nSPS) is 28.1. The van der Waals surface area contributed by atoms with E-state index in [1.165, 1.54) is 6.07 Å². The highest BCUT2D eigenvalue weighted by atomic mass is 19.1. The topological polar surface area (TPSA) is 78.7 Å². The lowest BCUT2D eigenvalue weighted by atomic mass is 9.95. The van der Waals surface area contributed by atoms with Crippen molar-refractivity contribution in [3.8, 4) is 17.3 Å². The average molecular weight is 547 g/mol. The van der Waals surface area contributed by atoms with Crippen molar-refractivity contribution in [2.45, 2.75) is 55.9 Å². The first kappa shape index (κ1) is 24.3. The number of phenolic OH excluding ortho intramolecular Hbond substituents is 1. The number of aromatic nitrogens is 3. The third kappa shape index (κ3) is 3.83. The molecule has 0 spiro atoms. The fourth-order valence-electron chi connectivity index (χ4n) is 7.63. The zero-order chi connectivity index (χ0) is 27.0. The van der Waals surface area contributed by atoms with Gasteiger partial charge in [0.25, 0.3) is 0 Å². The van der Waals surface area contributed by atoms with Crippen LogP contribution in [0.5, 0.6) is 11.6 Å². The predicted molar refractivity (Wildman–Crippen MR) is 149 cm³/mol. The van der Waals surface area contributed by atoms with Gasteiger partial charge in [-0.1, -0.05) is 12.1 Å². The molecule has 6 heterocycles. The highest BCUT2D eigenvalue weighted by Gasteiger charge is 2.49. The van der Waals surface area contributed by atoms with Gasteiger partial charge in [0.15, 0.2) is 5.65 Å². The van der Waals surface area contributed by atoms with E-state index in [-0.39, 0.29) is 17.1 Å². The molecule has 2 N–H and O–H groups in total. The number of phenols is 1. The van der Waals surface area contributed by atoms with Crippen LogP contribution in [0.25, 0.3) is 27.6 Å². The van der Waals surface area contributed by atoms with Crippen molar-refractivity contribution >= 4 is 27.6 Å². The average Bonchev–Trinajstić information content (AvgIpc) is 3.68. The van der Waals surface area contributed by atoms with E-state index >= 15 is 4.39 Å². The molecule has 0 aliphatic carbocycles. The van der Waals surface area contributed by atoms with E-state index in [4.69, 9.17) is 14.7 Å². The molecule has 208 valence electrons. The van der Waals surface area contributed by atoms with Crippen molar-refractivity contribution in [1.29, 1.82) is 0 Å². The SMILES string of the molecule is Oc1cc(-n2cnc3c(N4CC5CCC(C4)N5)cc(OC[C@@]45CCCN4C[C@H](F)C5)nc32)c2c(F)cccc2c1. The van der Waals surface area contributed by atoms with Gasteiger partial charge in [-0.25, -0.2) is 13.8 Å². The Morgan fingerprint density at radius 3 is 2.80 bits per heavy atom. The summed E-state index contributed by atoms with van der Waals surface area (Å²) in [5, 5.41) is 15.2. The second-order valence-corrected chi connectivity index (χ2v) is 12.0. The second kappa shape index (κ2) is 9.01. The molecule has 0 radical (unpaired) electrons. The van der Waals surface area contributed by atoms with Gasteiger partial charge < -0.3 is 20.1 Å². The van der Waals surface area contributed by atoms with E-state index in [1.54, 1.807) is 35.2 Å². The van der Waals surface area contributed by atoms with Crippen molar-refractivity contribution in [3.05, 3.63) is 48.5 Å². The first-order valence-electron chi connectivity index (χ1n) is 14.3. The largest absolute Gasteiger partial charge is 0.508 e. The van der Waals surface area contributed by atoms with Crippen molar-refractivity contribution < 1.29 is 18.6 Å². The first-order valence-corrected chi connectivity index (χ1v) is 14.3. The molecule has 8 rings (SSSR count). The molecule has 4 atom stereocenters. The van der Waals surface area contributed by atoms with Crippen molar-refractivity contribution in [3.63, 3.8) is 0 Å². The minimum atomic E-state index is -0.832. The molecule has 40 heavy (non-hydrogen) atoms. The number of anilines is 1. The Morgan fingerprint density at radius 2 is 1.95 bits per heavy atom. The molecule has 4 fully saturated rings. The van der Waals surface area contributed by atoms with Crippen molar-refractivity contribution in [1.82, 2.24) is 24.8 Å².